The fraction of sp³-hybridized carbons (Fsp3) is 0.385. The van der Waals surface area contributed by atoms with Crippen LogP contribution in [-0.2, 0) is 16.6 Å². The van der Waals surface area contributed by atoms with Gasteiger partial charge in [0.15, 0.2) is 0 Å². The van der Waals surface area contributed by atoms with Gasteiger partial charge >= 0.3 is 0 Å². The van der Waals surface area contributed by atoms with Crippen LogP contribution in [0.3, 0.4) is 0 Å². The van der Waals surface area contributed by atoms with Crippen LogP contribution >= 0.6 is 0 Å². The molecule has 0 saturated carbocycles. The fourth-order valence-corrected chi connectivity index (χ4v) is 6.23. The Morgan fingerprint density at radius 3 is 2.64 bits per heavy atom. The van der Waals surface area contributed by atoms with Crippen LogP contribution in [0, 0.1) is 11.7 Å². The molecule has 8 nitrogen and oxygen atoms in total. The molecule has 2 heterocycles. The van der Waals surface area contributed by atoms with Gasteiger partial charge in [0.25, 0.3) is 0 Å². The van der Waals surface area contributed by atoms with Crippen molar-refractivity contribution in [1.82, 2.24) is 19.2 Å². The third kappa shape index (κ3) is 5.57. The van der Waals surface area contributed by atoms with E-state index in [-0.39, 0.29) is 35.8 Å². The summed E-state index contributed by atoms with van der Waals surface area (Å²) in [4.78, 5) is 10.2. The lowest BCUT2D eigenvalue weighted by Gasteiger charge is -2.37. The predicted octanol–water partition coefficient (Wildman–Crippen LogP) is 3.18. The molecule has 0 saturated heterocycles. The second kappa shape index (κ2) is 11.0. The van der Waals surface area contributed by atoms with E-state index >= 15 is 0 Å². The number of aliphatic hydroxyl groups excluding tert-OH is 1. The van der Waals surface area contributed by atoms with E-state index in [4.69, 9.17) is 4.74 Å². The van der Waals surface area contributed by atoms with Gasteiger partial charge in [-0.2, -0.15) is 4.31 Å². The van der Waals surface area contributed by atoms with E-state index in [0.717, 1.165) is 5.56 Å². The van der Waals surface area contributed by atoms with Crippen molar-refractivity contribution in [3.05, 3.63) is 72.6 Å². The minimum atomic E-state index is -3.97. The number of halogens is 1. The number of benzene rings is 2. The maximum Gasteiger partial charge on any atom is 0.247 e. The van der Waals surface area contributed by atoms with Gasteiger partial charge in [-0.25, -0.2) is 22.8 Å². The number of likely N-dealkylation sites (N-methyl/N-ethyl adjacent to an activating group) is 1. The Kier molecular flexibility index (Phi) is 7.99. The molecule has 3 atom stereocenters. The molecule has 0 unspecified atom stereocenters. The van der Waals surface area contributed by atoms with Crippen molar-refractivity contribution >= 4 is 10.0 Å². The second-order valence-corrected chi connectivity index (χ2v) is 11.2. The number of rotatable bonds is 7. The monoisotopic (exact) mass is 514 g/mol. The summed E-state index contributed by atoms with van der Waals surface area (Å²) >= 11 is 0. The van der Waals surface area contributed by atoms with Crippen LogP contribution in [0.5, 0.6) is 5.75 Å². The molecular formula is C26H31FN4O4S. The minimum absolute atomic E-state index is 0.00102. The molecule has 0 spiro atoms. The summed E-state index contributed by atoms with van der Waals surface area (Å²) in [6.45, 7) is 4.57. The Balaban J connectivity index is 1.74. The van der Waals surface area contributed by atoms with Gasteiger partial charge < -0.3 is 9.84 Å². The summed E-state index contributed by atoms with van der Waals surface area (Å²) in [6, 6.07) is 10.4. The number of ether oxygens (including phenoxy) is 1. The molecule has 3 aromatic rings. The van der Waals surface area contributed by atoms with Crippen molar-refractivity contribution in [1.29, 1.82) is 0 Å². The van der Waals surface area contributed by atoms with E-state index < -0.39 is 21.9 Å². The summed E-state index contributed by atoms with van der Waals surface area (Å²) in [5.74, 6) is -0.441. The Morgan fingerprint density at radius 1 is 1.22 bits per heavy atom. The molecule has 192 valence electrons. The highest BCUT2D eigenvalue weighted by atomic mass is 32.2. The van der Waals surface area contributed by atoms with E-state index in [1.807, 2.05) is 14.0 Å². The summed E-state index contributed by atoms with van der Waals surface area (Å²) in [5, 5.41) is 9.82. The van der Waals surface area contributed by atoms with E-state index in [2.05, 4.69) is 14.9 Å². The van der Waals surface area contributed by atoms with Crippen LogP contribution in [-0.4, -0.2) is 71.6 Å². The van der Waals surface area contributed by atoms with Gasteiger partial charge in [0.05, 0.1) is 6.61 Å². The molecule has 0 aliphatic carbocycles. The third-order valence-electron chi connectivity index (χ3n) is 6.41. The molecular weight excluding hydrogens is 483 g/mol. The van der Waals surface area contributed by atoms with Crippen LogP contribution in [0.4, 0.5) is 4.39 Å². The molecule has 36 heavy (non-hydrogen) atoms. The summed E-state index contributed by atoms with van der Waals surface area (Å²) in [7, 11) is -2.02. The fourth-order valence-electron chi connectivity index (χ4n) is 4.40. The maximum absolute atomic E-state index is 14.5. The molecule has 0 bridgehead atoms. The van der Waals surface area contributed by atoms with Gasteiger partial charge in [-0.15, -0.1) is 0 Å². The first-order valence-electron chi connectivity index (χ1n) is 11.8. The van der Waals surface area contributed by atoms with Gasteiger partial charge in [-0.3, -0.25) is 4.90 Å². The summed E-state index contributed by atoms with van der Waals surface area (Å²) in [6.07, 6.45) is 4.60. The standard InChI is InChI=1S/C26H31FN4O4S/c1-18-13-31(19(2)16-32)36(33,34)26-9-8-21(22-6-4-5-7-23(22)27)10-24(26)35-25(18)15-30(3)14-20-11-28-17-29-12-20/h4-12,17-19,25,32H,13-16H2,1-3H3/t18-,19+,25+/m1/s1. The van der Waals surface area contributed by atoms with E-state index in [1.54, 1.807) is 49.6 Å². The molecule has 0 radical (unpaired) electrons. The Hall–Kier alpha value is -2.92. The van der Waals surface area contributed by atoms with Crippen LogP contribution in [0.2, 0.25) is 0 Å². The third-order valence-corrected chi connectivity index (χ3v) is 8.43. The van der Waals surface area contributed by atoms with Gasteiger partial charge in [0.2, 0.25) is 10.0 Å². The van der Waals surface area contributed by atoms with Gasteiger partial charge in [0.1, 0.15) is 28.9 Å². The number of hydrogen-bond donors (Lipinski definition) is 1. The lowest BCUT2D eigenvalue weighted by atomic mass is 10.0. The molecule has 2 aromatic carbocycles. The van der Waals surface area contributed by atoms with Gasteiger partial charge in [-0.05, 0) is 37.7 Å². The molecule has 10 heteroatoms. The first-order valence-corrected chi connectivity index (χ1v) is 13.3. The molecule has 1 aliphatic heterocycles. The molecule has 0 fully saturated rings. The number of aromatic nitrogens is 2. The number of aliphatic hydroxyl groups is 1. The first-order chi connectivity index (χ1) is 17.2. The van der Waals surface area contributed by atoms with E-state index in [0.29, 0.717) is 24.2 Å². The van der Waals surface area contributed by atoms with Crippen LogP contribution in [0.15, 0.2) is 66.1 Å². The topological polar surface area (TPSA) is 95.9 Å². The van der Waals surface area contributed by atoms with Gasteiger partial charge in [0, 0.05) is 55.1 Å². The second-order valence-electron chi connectivity index (χ2n) is 9.32. The van der Waals surface area contributed by atoms with E-state index in [9.17, 15) is 17.9 Å². The molecule has 0 amide bonds. The number of sulfonamides is 1. The average Bonchev–Trinajstić information content (AvgIpc) is 2.86. The van der Waals surface area contributed by atoms with Crippen molar-refractivity contribution in [2.24, 2.45) is 5.92 Å². The quantitative estimate of drug-likeness (QED) is 0.517. The highest BCUT2D eigenvalue weighted by molar-refractivity contribution is 7.89. The number of fused-ring (bicyclic) bond motifs is 1. The van der Waals surface area contributed by atoms with Crippen molar-refractivity contribution in [2.45, 2.75) is 37.4 Å². The van der Waals surface area contributed by atoms with Crippen molar-refractivity contribution in [2.75, 3.05) is 26.7 Å². The van der Waals surface area contributed by atoms with Gasteiger partial charge in [-0.1, -0.05) is 31.2 Å². The SMILES string of the molecule is C[C@@H]1CN([C@@H](C)CO)S(=O)(=O)c2ccc(-c3ccccc3F)cc2O[C@H]1CN(C)Cc1cncnc1. The summed E-state index contributed by atoms with van der Waals surface area (Å²) < 4.78 is 49.5. The first kappa shape index (κ1) is 26.2. The highest BCUT2D eigenvalue weighted by Crippen LogP contribution is 2.37. The van der Waals surface area contributed by atoms with Crippen molar-refractivity contribution in [3.8, 4) is 16.9 Å². The number of hydrogen-bond acceptors (Lipinski definition) is 7. The average molecular weight is 515 g/mol. The smallest absolute Gasteiger partial charge is 0.247 e. The Labute approximate surface area is 211 Å². The van der Waals surface area contributed by atoms with Crippen LogP contribution in [0.25, 0.3) is 11.1 Å². The van der Waals surface area contributed by atoms with Crippen LogP contribution < -0.4 is 4.74 Å². The number of nitrogens with zero attached hydrogens (tertiary/aromatic N) is 4. The lowest BCUT2D eigenvalue weighted by Crippen LogP contribution is -2.49. The van der Waals surface area contributed by atoms with Crippen molar-refractivity contribution in [3.63, 3.8) is 0 Å². The highest BCUT2D eigenvalue weighted by Gasteiger charge is 2.38. The maximum atomic E-state index is 14.5. The molecule has 1 aliphatic rings. The summed E-state index contributed by atoms with van der Waals surface area (Å²) in [5.41, 5.74) is 1.82. The minimum Gasteiger partial charge on any atom is -0.487 e. The normalized spacial score (nSPS) is 20.7. The molecule has 4 rings (SSSR count). The lowest BCUT2D eigenvalue weighted by molar-refractivity contribution is 0.0733. The Bertz CT molecular complexity index is 1290. The van der Waals surface area contributed by atoms with E-state index in [1.165, 1.54) is 22.8 Å². The largest absolute Gasteiger partial charge is 0.487 e. The predicted molar refractivity (Wildman–Crippen MR) is 134 cm³/mol. The Morgan fingerprint density at radius 2 is 1.94 bits per heavy atom. The zero-order chi connectivity index (χ0) is 25.9. The van der Waals surface area contributed by atoms with Crippen molar-refractivity contribution < 1.29 is 22.7 Å². The van der Waals surface area contributed by atoms with Crippen LogP contribution in [0.1, 0.15) is 19.4 Å². The zero-order valence-corrected chi connectivity index (χ0v) is 21.4. The zero-order valence-electron chi connectivity index (χ0n) is 20.6. The molecule has 1 N–H and O–H groups in total. The molecule has 1 aromatic heterocycles.